The quantitative estimate of drug-likeness (QED) is 0.761. The molecule has 0 rings (SSSR count). The summed E-state index contributed by atoms with van der Waals surface area (Å²) in [5.74, 6) is 0. The van der Waals surface area contributed by atoms with Crippen molar-refractivity contribution in [2.24, 2.45) is 4.99 Å². The van der Waals surface area contributed by atoms with Crippen LogP contribution in [0.25, 0.3) is 0 Å². The van der Waals surface area contributed by atoms with E-state index >= 15 is 0 Å². The van der Waals surface area contributed by atoms with Gasteiger partial charge in [0.2, 0.25) is 0 Å². The number of carbonyl (C=O) groups is 1. The van der Waals surface area contributed by atoms with Crippen LogP contribution in [0.5, 0.6) is 0 Å². The summed E-state index contributed by atoms with van der Waals surface area (Å²) < 4.78 is 5.01. The van der Waals surface area contributed by atoms with Crippen LogP contribution in [0.3, 0.4) is 0 Å². The van der Waals surface area contributed by atoms with Gasteiger partial charge >= 0.3 is 6.09 Å². The summed E-state index contributed by atoms with van der Waals surface area (Å²) in [6, 6.07) is 0. The molecular weight excluding hydrogens is 216 g/mol. The van der Waals surface area contributed by atoms with E-state index in [0.717, 1.165) is 0 Å². The summed E-state index contributed by atoms with van der Waals surface area (Å²) in [7, 11) is 0. The van der Waals surface area contributed by atoms with Gasteiger partial charge in [0.05, 0.1) is 5.70 Å². The molecule has 0 unspecified atom stereocenters. The Labute approximate surface area is 95.4 Å². The summed E-state index contributed by atoms with van der Waals surface area (Å²) in [5, 5.41) is 2.59. The topological polar surface area (TPSA) is 50.7 Å². The monoisotopic (exact) mass is 232 g/mol. The Morgan fingerprint density at radius 2 is 2.07 bits per heavy atom. The summed E-state index contributed by atoms with van der Waals surface area (Å²) in [6.07, 6.45) is -0.586. The SMILES string of the molecule is C=C(NC(=O)OC(C)(C)C)C(Cl)=NCC. The molecule has 0 aromatic heterocycles. The molecule has 86 valence electrons. The Hall–Kier alpha value is -1.03. The van der Waals surface area contributed by atoms with Gasteiger partial charge in [-0.15, -0.1) is 0 Å². The first kappa shape index (κ1) is 14.0. The molecule has 5 heteroatoms. The molecule has 15 heavy (non-hydrogen) atoms. The van der Waals surface area contributed by atoms with Crippen molar-refractivity contribution in [3.63, 3.8) is 0 Å². The van der Waals surface area contributed by atoms with E-state index in [1.165, 1.54) is 0 Å². The van der Waals surface area contributed by atoms with E-state index in [4.69, 9.17) is 16.3 Å². The van der Waals surface area contributed by atoms with Crippen LogP contribution in [0, 0.1) is 0 Å². The number of hydrogen-bond donors (Lipinski definition) is 1. The number of nitrogens with zero attached hydrogens (tertiary/aromatic N) is 1. The fourth-order valence-corrected chi connectivity index (χ4v) is 0.879. The summed E-state index contributed by atoms with van der Waals surface area (Å²) >= 11 is 5.73. The van der Waals surface area contributed by atoms with Crippen molar-refractivity contribution >= 4 is 22.9 Å². The van der Waals surface area contributed by atoms with E-state index in [2.05, 4.69) is 16.9 Å². The van der Waals surface area contributed by atoms with Gasteiger partial charge in [-0.2, -0.15) is 0 Å². The number of halogens is 1. The lowest BCUT2D eigenvalue weighted by atomic mass is 10.2. The zero-order valence-corrected chi connectivity index (χ0v) is 10.3. The van der Waals surface area contributed by atoms with Gasteiger partial charge in [0.1, 0.15) is 10.8 Å². The maximum absolute atomic E-state index is 11.3. The normalized spacial score (nSPS) is 12.2. The first-order chi connectivity index (χ1) is 6.76. The third-order valence-corrected chi connectivity index (χ3v) is 1.55. The molecule has 0 saturated heterocycles. The summed E-state index contributed by atoms with van der Waals surface area (Å²) in [5.41, 5.74) is -0.300. The molecule has 0 bridgehead atoms. The number of amides is 1. The second kappa shape index (κ2) is 5.75. The Bertz CT molecular complexity index is 280. The Balaban J connectivity index is 4.20. The van der Waals surface area contributed by atoms with E-state index in [1.54, 1.807) is 20.8 Å². The fraction of sp³-hybridized carbons (Fsp3) is 0.600. The van der Waals surface area contributed by atoms with Gasteiger partial charge in [-0.1, -0.05) is 18.2 Å². The lowest BCUT2D eigenvalue weighted by Gasteiger charge is -2.19. The lowest BCUT2D eigenvalue weighted by Crippen LogP contribution is -2.33. The highest BCUT2D eigenvalue weighted by molar-refractivity contribution is 6.69. The van der Waals surface area contributed by atoms with Crippen LogP contribution < -0.4 is 5.32 Å². The van der Waals surface area contributed by atoms with Crippen molar-refractivity contribution in [3.05, 3.63) is 12.3 Å². The number of carbonyl (C=O) groups excluding carboxylic acids is 1. The molecule has 0 spiro atoms. The van der Waals surface area contributed by atoms with Crippen molar-refractivity contribution in [1.82, 2.24) is 5.32 Å². The van der Waals surface area contributed by atoms with Crippen LogP contribution in [-0.4, -0.2) is 23.4 Å². The van der Waals surface area contributed by atoms with Crippen molar-refractivity contribution < 1.29 is 9.53 Å². The Morgan fingerprint density at radius 3 is 2.47 bits per heavy atom. The molecule has 0 aliphatic carbocycles. The van der Waals surface area contributed by atoms with E-state index in [1.807, 2.05) is 6.92 Å². The minimum Gasteiger partial charge on any atom is -0.444 e. The number of ether oxygens (including phenoxy) is 1. The zero-order chi connectivity index (χ0) is 12.1. The molecule has 0 saturated carbocycles. The van der Waals surface area contributed by atoms with Crippen LogP contribution in [0.2, 0.25) is 0 Å². The third kappa shape index (κ3) is 6.96. The average molecular weight is 233 g/mol. The van der Waals surface area contributed by atoms with Gasteiger partial charge in [-0.3, -0.25) is 10.3 Å². The molecule has 0 aliphatic rings. The van der Waals surface area contributed by atoms with Crippen LogP contribution in [0.4, 0.5) is 4.79 Å². The highest BCUT2D eigenvalue weighted by Crippen LogP contribution is 2.07. The predicted octanol–water partition coefficient (Wildman–Crippen LogP) is 2.68. The van der Waals surface area contributed by atoms with Crippen LogP contribution >= 0.6 is 11.6 Å². The van der Waals surface area contributed by atoms with E-state index in [9.17, 15) is 4.79 Å². The second-order valence-electron chi connectivity index (χ2n) is 3.87. The molecule has 1 amide bonds. The van der Waals surface area contributed by atoms with Crippen LogP contribution in [0.1, 0.15) is 27.7 Å². The molecule has 0 heterocycles. The number of alkyl carbamates (subject to hydrolysis) is 1. The number of hydrogen-bond acceptors (Lipinski definition) is 3. The van der Waals surface area contributed by atoms with Gasteiger partial charge in [-0.25, -0.2) is 4.79 Å². The number of allylic oxidation sites excluding steroid dienone is 1. The fourth-order valence-electron chi connectivity index (χ4n) is 0.713. The smallest absolute Gasteiger partial charge is 0.412 e. The largest absolute Gasteiger partial charge is 0.444 e. The van der Waals surface area contributed by atoms with Gasteiger partial charge in [0.25, 0.3) is 0 Å². The minimum absolute atomic E-state index is 0.184. The molecular formula is C10H17ClN2O2. The second-order valence-corrected chi connectivity index (χ2v) is 4.23. The highest BCUT2D eigenvalue weighted by Gasteiger charge is 2.17. The Morgan fingerprint density at radius 1 is 1.53 bits per heavy atom. The summed E-state index contributed by atoms with van der Waals surface area (Å²) in [6.45, 7) is 11.3. The molecule has 0 aromatic carbocycles. The molecule has 1 N–H and O–H groups in total. The first-order valence-corrected chi connectivity index (χ1v) is 5.03. The van der Waals surface area contributed by atoms with Gasteiger partial charge < -0.3 is 4.74 Å². The van der Waals surface area contributed by atoms with Gasteiger partial charge in [0, 0.05) is 6.54 Å². The lowest BCUT2D eigenvalue weighted by molar-refractivity contribution is 0.0549. The van der Waals surface area contributed by atoms with Gasteiger partial charge in [-0.05, 0) is 27.7 Å². The number of nitrogens with one attached hydrogen (secondary N) is 1. The van der Waals surface area contributed by atoms with Crippen molar-refractivity contribution in [3.8, 4) is 0 Å². The maximum Gasteiger partial charge on any atom is 0.412 e. The average Bonchev–Trinajstić information content (AvgIpc) is 2.00. The molecule has 0 aromatic rings. The van der Waals surface area contributed by atoms with Gasteiger partial charge in [0.15, 0.2) is 0 Å². The summed E-state index contributed by atoms with van der Waals surface area (Å²) in [4.78, 5) is 15.2. The zero-order valence-electron chi connectivity index (χ0n) is 9.56. The van der Waals surface area contributed by atoms with E-state index < -0.39 is 11.7 Å². The van der Waals surface area contributed by atoms with Crippen molar-refractivity contribution in [2.45, 2.75) is 33.3 Å². The standard InChI is InChI=1S/C10H17ClN2O2/c1-6-12-8(11)7(2)13-9(14)15-10(3,4)5/h2,6H2,1,3-5H3,(H,13,14). The molecule has 0 fully saturated rings. The molecule has 4 nitrogen and oxygen atoms in total. The van der Waals surface area contributed by atoms with Crippen LogP contribution in [0.15, 0.2) is 17.3 Å². The Kier molecular flexibility index (Phi) is 5.36. The van der Waals surface area contributed by atoms with Crippen LogP contribution in [-0.2, 0) is 4.74 Å². The van der Waals surface area contributed by atoms with E-state index in [0.29, 0.717) is 6.54 Å². The predicted molar refractivity (Wildman–Crippen MR) is 62.3 cm³/mol. The minimum atomic E-state index is -0.586. The number of aliphatic imine (C=N–C) groups is 1. The van der Waals surface area contributed by atoms with Crippen molar-refractivity contribution in [2.75, 3.05) is 6.54 Å². The van der Waals surface area contributed by atoms with Crippen molar-refractivity contribution in [1.29, 1.82) is 0 Å². The molecule has 0 aliphatic heterocycles. The number of rotatable bonds is 3. The maximum atomic E-state index is 11.3. The van der Waals surface area contributed by atoms with E-state index in [-0.39, 0.29) is 10.9 Å². The third-order valence-electron chi connectivity index (χ3n) is 1.20. The molecule has 0 atom stereocenters. The first-order valence-electron chi connectivity index (χ1n) is 4.65. The molecule has 0 radical (unpaired) electrons. The highest BCUT2D eigenvalue weighted by atomic mass is 35.5.